The topological polar surface area (TPSA) is 93.3 Å². The Labute approximate surface area is 219 Å². The average molecular weight is 568 g/mol. The molecule has 3 N–H and O–H groups in total. The fraction of sp³-hybridized carbons (Fsp3) is 0.538. The number of carbonyl (C=O) groups excluding carboxylic acids is 1. The van der Waals surface area contributed by atoms with E-state index >= 15 is 0 Å². The van der Waals surface area contributed by atoms with Crippen LogP contribution in [0.2, 0.25) is 5.02 Å². The van der Waals surface area contributed by atoms with Crippen LogP contribution in [0.4, 0.5) is 0 Å². The molecule has 2 heterocycles. The number of halogens is 2. The van der Waals surface area contributed by atoms with Crippen LogP contribution in [0.1, 0.15) is 62.8 Å². The van der Waals surface area contributed by atoms with Gasteiger partial charge in [0.15, 0.2) is 0 Å². The molecule has 0 aliphatic carbocycles. The first-order chi connectivity index (χ1) is 16.0. The molecule has 0 radical (unpaired) electrons. The number of hydrogen-bond acceptors (Lipinski definition) is 6. The molecule has 5 nitrogen and oxygen atoms in total. The monoisotopic (exact) mass is 566 g/mol. The second kappa shape index (κ2) is 11.2. The van der Waals surface area contributed by atoms with Crippen LogP contribution < -0.4 is 5.32 Å². The van der Waals surface area contributed by atoms with Crippen molar-refractivity contribution in [3.05, 3.63) is 55.6 Å². The average Bonchev–Trinajstić information content (AvgIpc) is 3.34. The lowest BCUT2D eigenvalue weighted by atomic mass is 9.65. The van der Waals surface area contributed by atoms with Gasteiger partial charge in [-0.1, -0.05) is 44.5 Å². The van der Waals surface area contributed by atoms with Crippen LogP contribution in [0.5, 0.6) is 0 Å². The molecule has 0 spiro atoms. The highest BCUT2D eigenvalue weighted by Gasteiger charge is 2.59. The second-order valence-electron chi connectivity index (χ2n) is 10.3. The minimum atomic E-state index is -0.959. The van der Waals surface area contributed by atoms with E-state index in [4.69, 9.17) is 16.7 Å². The van der Waals surface area contributed by atoms with E-state index in [9.17, 15) is 15.2 Å². The highest BCUT2D eigenvalue weighted by Crippen LogP contribution is 2.53. The second-order valence-corrected chi connectivity index (χ2v) is 12.6. The first kappa shape index (κ1) is 27.3. The molecule has 1 aliphatic rings. The molecule has 1 aliphatic heterocycles. The Bertz CT molecular complexity index is 1050. The van der Waals surface area contributed by atoms with Crippen LogP contribution in [-0.4, -0.2) is 40.8 Å². The number of Topliss-reactive ketones (excluding diaryl/α,β-unsaturated/α-hetero) is 1. The fourth-order valence-corrected chi connectivity index (χ4v) is 6.88. The van der Waals surface area contributed by atoms with Gasteiger partial charge in [-0.25, -0.2) is 0 Å². The number of nitrogens with zero attached hydrogens (tertiary/aromatic N) is 1. The van der Waals surface area contributed by atoms with Gasteiger partial charge in [-0.05, 0) is 64.4 Å². The molecule has 1 fully saturated rings. The maximum absolute atomic E-state index is 13.6. The Morgan fingerprint density at radius 3 is 2.68 bits per heavy atom. The van der Waals surface area contributed by atoms with Crippen molar-refractivity contribution in [3.8, 4) is 6.07 Å². The lowest BCUT2D eigenvalue weighted by molar-refractivity contribution is -0.121. The zero-order valence-electron chi connectivity index (χ0n) is 19.7. The first-order valence-electron chi connectivity index (χ1n) is 11.5. The minimum absolute atomic E-state index is 0.00164. The summed E-state index contributed by atoms with van der Waals surface area (Å²) >= 11 is 11.4. The molecule has 1 aromatic heterocycles. The molecule has 0 bridgehead atoms. The summed E-state index contributed by atoms with van der Waals surface area (Å²) in [5.41, 5.74) is -0.174. The Balaban J connectivity index is 2.11. The van der Waals surface area contributed by atoms with Gasteiger partial charge in [0.25, 0.3) is 0 Å². The van der Waals surface area contributed by atoms with E-state index in [0.29, 0.717) is 24.3 Å². The third-order valence-corrected chi connectivity index (χ3v) is 8.53. The van der Waals surface area contributed by atoms with E-state index in [2.05, 4.69) is 48.1 Å². The van der Waals surface area contributed by atoms with Gasteiger partial charge in [-0.2, -0.15) is 5.26 Å². The number of thiophene rings is 1. The molecule has 0 unspecified atom stereocenters. The highest BCUT2D eigenvalue weighted by atomic mass is 79.9. The van der Waals surface area contributed by atoms with E-state index in [1.165, 1.54) is 11.3 Å². The number of carbonyl (C=O) groups is 1. The Kier molecular flexibility index (Phi) is 9.00. The quantitative estimate of drug-likeness (QED) is 0.368. The van der Waals surface area contributed by atoms with E-state index < -0.39 is 23.5 Å². The molecular formula is C26H32BrClN2O3S. The summed E-state index contributed by atoms with van der Waals surface area (Å²) in [5.74, 6) is -0.425. The van der Waals surface area contributed by atoms with E-state index in [1.54, 1.807) is 6.07 Å². The third kappa shape index (κ3) is 5.92. The molecular weight excluding hydrogens is 536 g/mol. The lowest BCUT2D eigenvalue weighted by Gasteiger charge is -2.36. The SMILES string of the molecule is CC(C)(C)C[C@@H]1N[C@@H](C(=O)CCC[C@H](O)CO)[C@H](c2cccc(Cl)c2)[C@@]1(C#N)c1cc(Br)cs1. The summed E-state index contributed by atoms with van der Waals surface area (Å²) in [7, 11) is 0. The Morgan fingerprint density at radius 1 is 1.38 bits per heavy atom. The maximum atomic E-state index is 13.6. The molecule has 184 valence electrons. The van der Waals surface area contributed by atoms with Gasteiger partial charge in [-0.15, -0.1) is 11.3 Å². The van der Waals surface area contributed by atoms with Gasteiger partial charge in [0.05, 0.1) is 24.8 Å². The number of aliphatic hydroxyl groups excluding tert-OH is 2. The van der Waals surface area contributed by atoms with Crippen LogP contribution in [0.3, 0.4) is 0 Å². The van der Waals surface area contributed by atoms with Crippen molar-refractivity contribution >= 4 is 44.7 Å². The largest absolute Gasteiger partial charge is 0.394 e. The predicted octanol–water partition coefficient (Wildman–Crippen LogP) is 5.58. The number of nitriles is 1. The molecule has 3 rings (SSSR count). The smallest absolute Gasteiger partial charge is 0.150 e. The van der Waals surface area contributed by atoms with Crippen molar-refractivity contribution in [3.63, 3.8) is 0 Å². The van der Waals surface area contributed by atoms with Gasteiger partial charge in [0.1, 0.15) is 11.2 Å². The van der Waals surface area contributed by atoms with Crippen molar-refractivity contribution in [1.82, 2.24) is 5.32 Å². The van der Waals surface area contributed by atoms with Crippen LogP contribution in [0, 0.1) is 16.7 Å². The van der Waals surface area contributed by atoms with Gasteiger partial charge in [0.2, 0.25) is 0 Å². The molecule has 1 saturated heterocycles. The molecule has 0 amide bonds. The summed E-state index contributed by atoms with van der Waals surface area (Å²) in [5, 5.41) is 35.7. The number of nitrogens with one attached hydrogen (secondary N) is 1. The van der Waals surface area contributed by atoms with Crippen LogP contribution >= 0.6 is 38.9 Å². The molecule has 5 atom stereocenters. The Hall–Kier alpha value is -1.27. The number of benzene rings is 1. The molecule has 8 heteroatoms. The highest BCUT2D eigenvalue weighted by molar-refractivity contribution is 9.10. The number of hydrogen-bond donors (Lipinski definition) is 3. The lowest BCUT2D eigenvalue weighted by Crippen LogP contribution is -2.43. The van der Waals surface area contributed by atoms with Gasteiger partial charge >= 0.3 is 0 Å². The normalized spacial score (nSPS) is 25.8. The Morgan fingerprint density at radius 2 is 2.12 bits per heavy atom. The minimum Gasteiger partial charge on any atom is -0.394 e. The summed E-state index contributed by atoms with van der Waals surface area (Å²) < 4.78 is 0.911. The van der Waals surface area contributed by atoms with Crippen molar-refractivity contribution < 1.29 is 15.0 Å². The van der Waals surface area contributed by atoms with Gasteiger partial charge < -0.3 is 15.5 Å². The van der Waals surface area contributed by atoms with E-state index in [-0.39, 0.29) is 30.3 Å². The van der Waals surface area contributed by atoms with Gasteiger partial charge in [-0.3, -0.25) is 4.79 Å². The van der Waals surface area contributed by atoms with E-state index in [1.807, 2.05) is 29.6 Å². The van der Waals surface area contributed by atoms with Crippen molar-refractivity contribution in [2.24, 2.45) is 5.41 Å². The van der Waals surface area contributed by atoms with Crippen molar-refractivity contribution in [2.45, 2.75) is 76.0 Å². The maximum Gasteiger partial charge on any atom is 0.150 e. The van der Waals surface area contributed by atoms with Crippen LogP contribution in [0.25, 0.3) is 0 Å². The number of aliphatic hydroxyl groups is 2. The summed E-state index contributed by atoms with van der Waals surface area (Å²) in [6.45, 7) is 6.10. The van der Waals surface area contributed by atoms with Crippen LogP contribution in [0.15, 0.2) is 40.2 Å². The van der Waals surface area contributed by atoms with Crippen LogP contribution in [-0.2, 0) is 10.2 Å². The zero-order valence-corrected chi connectivity index (χ0v) is 22.9. The van der Waals surface area contributed by atoms with Crippen molar-refractivity contribution in [2.75, 3.05) is 6.61 Å². The zero-order chi connectivity index (χ0) is 25.1. The molecule has 0 saturated carbocycles. The fourth-order valence-electron chi connectivity index (χ4n) is 5.01. The first-order valence-corrected chi connectivity index (χ1v) is 13.6. The molecule has 34 heavy (non-hydrogen) atoms. The predicted molar refractivity (Wildman–Crippen MR) is 140 cm³/mol. The van der Waals surface area contributed by atoms with Gasteiger partial charge in [0, 0.05) is 38.1 Å². The molecule has 1 aromatic carbocycles. The summed E-state index contributed by atoms with van der Waals surface area (Å²) in [6.07, 6.45) is 0.950. The number of rotatable bonds is 9. The van der Waals surface area contributed by atoms with Crippen molar-refractivity contribution in [1.29, 1.82) is 5.26 Å². The summed E-state index contributed by atoms with van der Waals surface area (Å²) in [6, 6.07) is 11.3. The van der Waals surface area contributed by atoms with E-state index in [0.717, 1.165) is 14.9 Å². The third-order valence-electron chi connectivity index (χ3n) is 6.46. The number of ketones is 1. The molecule has 2 aromatic rings. The standard InChI is InChI=1S/C26H32BrClN2O3S/c1-25(2,3)12-21-26(15-29,22-11-17(27)14-34-22)23(16-6-4-7-18(28)10-16)24(30-21)20(33)9-5-8-19(32)13-31/h4,6-7,10-11,14,19,21,23-24,30-32H,5,8-9,12-13H2,1-3H3/t19-,21-,23-,24-,26+/m0/s1. The summed E-state index contributed by atoms with van der Waals surface area (Å²) in [4.78, 5) is 14.5.